The molecule has 0 unspecified atom stereocenters. The van der Waals surface area contributed by atoms with Crippen molar-refractivity contribution in [3.05, 3.63) is 116 Å². The molecule has 3 aromatic carbocycles. The third-order valence-corrected chi connectivity index (χ3v) is 5.87. The molecule has 0 bridgehead atoms. The molecule has 0 saturated carbocycles. The maximum Gasteiger partial charge on any atom is 0.352 e. The fraction of sp³-hybridized carbons (Fsp3) is 0.125. The fourth-order valence-corrected chi connectivity index (χ4v) is 4.11. The minimum atomic E-state index is -0.521. The van der Waals surface area contributed by atoms with E-state index in [1.165, 1.54) is 21.1 Å². The molecule has 32 heavy (non-hydrogen) atoms. The van der Waals surface area contributed by atoms with Crippen LogP contribution in [0.25, 0.3) is 16.7 Å². The highest BCUT2D eigenvalue weighted by Gasteiger charge is 2.19. The Morgan fingerprint density at radius 3 is 2.44 bits per heavy atom. The van der Waals surface area contributed by atoms with E-state index in [0.717, 1.165) is 10.2 Å². The quantitative estimate of drug-likeness (QED) is 0.410. The summed E-state index contributed by atoms with van der Waals surface area (Å²) in [6, 6.07) is 21.0. The molecule has 6 nitrogen and oxygen atoms in total. The van der Waals surface area contributed by atoms with Crippen molar-refractivity contribution in [2.24, 2.45) is 0 Å². The number of halogens is 2. The van der Waals surface area contributed by atoms with Crippen LogP contribution in [0.5, 0.6) is 0 Å². The van der Waals surface area contributed by atoms with Crippen LogP contribution in [-0.2, 0) is 19.5 Å². The lowest BCUT2D eigenvalue weighted by molar-refractivity contribution is 0.577. The molecule has 2 heterocycles. The first-order valence-electron chi connectivity index (χ1n) is 10.1. The molecule has 0 fully saturated rings. The number of fused-ring (bicyclic) bond motifs is 3. The normalized spacial score (nSPS) is 11.4. The highest BCUT2D eigenvalue weighted by atomic mass is 35.5. The third kappa shape index (κ3) is 3.40. The molecule has 5 rings (SSSR count). The monoisotopic (exact) mass is 448 g/mol. The zero-order valence-corrected chi connectivity index (χ0v) is 17.7. The largest absolute Gasteiger partial charge is 0.352 e. The topological polar surface area (TPSA) is 61.3 Å². The lowest BCUT2D eigenvalue weighted by atomic mass is 10.1. The number of hydrogen-bond donors (Lipinski definition) is 0. The van der Waals surface area contributed by atoms with Crippen molar-refractivity contribution in [3.8, 4) is 0 Å². The van der Waals surface area contributed by atoms with E-state index in [2.05, 4.69) is 5.10 Å². The van der Waals surface area contributed by atoms with E-state index in [-0.39, 0.29) is 28.5 Å². The van der Waals surface area contributed by atoms with Gasteiger partial charge in [-0.15, -0.1) is 5.10 Å². The summed E-state index contributed by atoms with van der Waals surface area (Å²) in [6.45, 7) is 0.196. The first-order valence-corrected chi connectivity index (χ1v) is 10.5. The van der Waals surface area contributed by atoms with Gasteiger partial charge >= 0.3 is 5.69 Å². The summed E-state index contributed by atoms with van der Waals surface area (Å²) in [5, 5.41) is 5.04. The summed E-state index contributed by atoms with van der Waals surface area (Å²) in [4.78, 5) is 26.6. The molecule has 0 atom stereocenters. The lowest BCUT2D eigenvalue weighted by Crippen LogP contribution is -2.27. The second kappa shape index (κ2) is 8.09. The van der Waals surface area contributed by atoms with Crippen molar-refractivity contribution < 1.29 is 4.39 Å². The van der Waals surface area contributed by atoms with E-state index < -0.39 is 11.5 Å². The van der Waals surface area contributed by atoms with E-state index in [4.69, 9.17) is 11.6 Å². The molecule has 0 aliphatic carbocycles. The number of nitrogens with zero attached hydrogens (tertiary/aromatic N) is 4. The van der Waals surface area contributed by atoms with Gasteiger partial charge in [-0.25, -0.2) is 18.3 Å². The number of aromatic nitrogens is 4. The van der Waals surface area contributed by atoms with E-state index in [9.17, 15) is 14.0 Å². The second-order valence-corrected chi connectivity index (χ2v) is 7.89. The predicted molar refractivity (Wildman–Crippen MR) is 122 cm³/mol. The summed E-state index contributed by atoms with van der Waals surface area (Å²) >= 11 is 6.15. The molecule has 0 N–H and O–H groups in total. The van der Waals surface area contributed by atoms with Gasteiger partial charge in [-0.05, 0) is 36.2 Å². The average molecular weight is 449 g/mol. The van der Waals surface area contributed by atoms with Gasteiger partial charge in [-0.1, -0.05) is 60.1 Å². The molecule has 160 valence electrons. The Labute approximate surface area is 186 Å². The van der Waals surface area contributed by atoms with Crippen molar-refractivity contribution in [2.75, 3.05) is 0 Å². The van der Waals surface area contributed by atoms with Crippen molar-refractivity contribution in [3.63, 3.8) is 0 Å². The molecule has 0 saturated heterocycles. The molecule has 0 aliphatic rings. The van der Waals surface area contributed by atoms with Crippen molar-refractivity contribution in [2.45, 2.75) is 19.5 Å². The van der Waals surface area contributed by atoms with Crippen LogP contribution in [0.2, 0.25) is 5.02 Å². The standard InChI is InChI=1S/C24H18ClFN4O2/c25-19-10-6-11-20(26)18(19)15-29-24(32)30-21-12-5-4-9-17(21)22(31)28(23(30)27-29)14-13-16-7-2-1-3-8-16/h1-12H,13-15H2. The fourth-order valence-electron chi connectivity index (χ4n) is 3.89. The van der Waals surface area contributed by atoms with E-state index in [1.54, 1.807) is 30.3 Å². The zero-order valence-electron chi connectivity index (χ0n) is 16.9. The average Bonchev–Trinajstić information content (AvgIpc) is 3.13. The summed E-state index contributed by atoms with van der Waals surface area (Å²) in [7, 11) is 0. The third-order valence-electron chi connectivity index (χ3n) is 5.52. The number of hydrogen-bond acceptors (Lipinski definition) is 3. The minimum absolute atomic E-state index is 0.146. The number of para-hydroxylation sites is 1. The molecule has 0 spiro atoms. The van der Waals surface area contributed by atoms with Gasteiger partial charge in [0.2, 0.25) is 5.78 Å². The molecule has 0 radical (unpaired) electrons. The van der Waals surface area contributed by atoms with Gasteiger partial charge in [0.15, 0.2) is 0 Å². The molecular weight excluding hydrogens is 431 g/mol. The SMILES string of the molecule is O=c1c2ccccc2n2c(=O)n(Cc3c(F)cccc3Cl)nc2n1CCc1ccccc1. The van der Waals surface area contributed by atoms with Crippen molar-refractivity contribution >= 4 is 28.3 Å². The maximum absolute atomic E-state index is 14.3. The van der Waals surface area contributed by atoms with Crippen LogP contribution in [0.3, 0.4) is 0 Å². The van der Waals surface area contributed by atoms with Crippen LogP contribution >= 0.6 is 11.6 Å². The summed E-state index contributed by atoms with van der Waals surface area (Å²) in [5.74, 6) is -0.310. The van der Waals surface area contributed by atoms with E-state index in [0.29, 0.717) is 23.9 Å². The van der Waals surface area contributed by atoms with Crippen molar-refractivity contribution in [1.82, 2.24) is 18.7 Å². The number of rotatable bonds is 5. The predicted octanol–water partition coefficient (Wildman–Crippen LogP) is 3.89. The van der Waals surface area contributed by atoms with Gasteiger partial charge in [0, 0.05) is 17.1 Å². The highest BCUT2D eigenvalue weighted by Crippen LogP contribution is 2.20. The van der Waals surface area contributed by atoms with Gasteiger partial charge in [-0.2, -0.15) is 0 Å². The molecule has 0 aliphatic heterocycles. The van der Waals surface area contributed by atoms with Crippen LogP contribution in [0.15, 0.2) is 82.4 Å². The lowest BCUT2D eigenvalue weighted by Gasteiger charge is -2.09. The Hall–Kier alpha value is -3.71. The Balaban J connectivity index is 1.70. The molecule has 2 aromatic heterocycles. The van der Waals surface area contributed by atoms with Crippen LogP contribution in [0, 0.1) is 5.82 Å². The molecule has 8 heteroatoms. The van der Waals surface area contributed by atoms with Gasteiger partial charge in [0.1, 0.15) is 5.82 Å². The van der Waals surface area contributed by atoms with E-state index in [1.807, 2.05) is 30.3 Å². The molecule has 0 amide bonds. The first kappa shape index (κ1) is 20.2. The van der Waals surface area contributed by atoms with Crippen LogP contribution in [0.1, 0.15) is 11.1 Å². The molecular formula is C24H18ClFN4O2. The Bertz CT molecular complexity index is 1550. The zero-order chi connectivity index (χ0) is 22.2. The number of aryl methyl sites for hydroxylation is 2. The Kier molecular flexibility index (Phi) is 5.11. The minimum Gasteiger partial charge on any atom is -0.276 e. The Morgan fingerprint density at radius 2 is 1.66 bits per heavy atom. The first-order chi connectivity index (χ1) is 15.5. The van der Waals surface area contributed by atoms with Crippen LogP contribution < -0.4 is 11.2 Å². The summed E-state index contributed by atoms with van der Waals surface area (Å²) < 4.78 is 18.4. The van der Waals surface area contributed by atoms with E-state index >= 15 is 0 Å². The maximum atomic E-state index is 14.3. The summed E-state index contributed by atoms with van der Waals surface area (Å²) in [6.07, 6.45) is 0.592. The smallest absolute Gasteiger partial charge is 0.276 e. The van der Waals surface area contributed by atoms with Crippen LogP contribution in [0.4, 0.5) is 4.39 Å². The molecule has 5 aromatic rings. The second-order valence-electron chi connectivity index (χ2n) is 7.49. The highest BCUT2D eigenvalue weighted by molar-refractivity contribution is 6.31. The van der Waals surface area contributed by atoms with Gasteiger partial charge in [-0.3, -0.25) is 9.36 Å². The Morgan fingerprint density at radius 1 is 0.906 bits per heavy atom. The van der Waals surface area contributed by atoms with Gasteiger partial charge in [0.05, 0.1) is 17.4 Å². The summed E-state index contributed by atoms with van der Waals surface area (Å²) in [5.41, 5.74) is 0.987. The van der Waals surface area contributed by atoms with Gasteiger partial charge in [0.25, 0.3) is 5.56 Å². The van der Waals surface area contributed by atoms with Crippen molar-refractivity contribution in [1.29, 1.82) is 0 Å². The van der Waals surface area contributed by atoms with Gasteiger partial charge < -0.3 is 0 Å². The number of benzene rings is 3. The van der Waals surface area contributed by atoms with Crippen LogP contribution in [-0.4, -0.2) is 18.7 Å².